The summed E-state index contributed by atoms with van der Waals surface area (Å²) in [6.45, 7) is 0.455. The first kappa shape index (κ1) is 14.4. The Morgan fingerprint density at radius 2 is 2.35 bits per heavy atom. The summed E-state index contributed by atoms with van der Waals surface area (Å²) in [5, 5.41) is 3.32. The monoisotopic (exact) mass is 320 g/mol. The van der Waals surface area contributed by atoms with Gasteiger partial charge in [0.1, 0.15) is 0 Å². The van der Waals surface area contributed by atoms with Gasteiger partial charge in [-0.25, -0.2) is 0 Å². The highest BCUT2D eigenvalue weighted by molar-refractivity contribution is 9.10. The zero-order valence-corrected chi connectivity index (χ0v) is 11.7. The third-order valence-corrected chi connectivity index (χ3v) is 3.05. The van der Waals surface area contributed by atoms with E-state index in [2.05, 4.69) is 21.2 Å². The molecule has 0 aromatic heterocycles. The van der Waals surface area contributed by atoms with Gasteiger partial charge in [-0.05, 0) is 40.5 Å². The number of rotatable bonds is 5. The van der Waals surface area contributed by atoms with Crippen LogP contribution in [-0.2, 0) is 9.53 Å². The van der Waals surface area contributed by atoms with Crippen molar-refractivity contribution in [1.29, 1.82) is 0 Å². The van der Waals surface area contributed by atoms with Crippen LogP contribution in [0.4, 0.5) is 5.69 Å². The maximum Gasteiger partial charge on any atom is 0.241 e. The number of nitrogens with one attached hydrogen (secondary N) is 1. The second-order valence-corrected chi connectivity index (χ2v) is 4.79. The molecule has 1 aromatic carbocycles. The van der Waals surface area contributed by atoms with Crippen molar-refractivity contribution in [3.8, 4) is 0 Å². The van der Waals surface area contributed by atoms with E-state index in [1.54, 1.807) is 25.3 Å². The summed E-state index contributed by atoms with van der Waals surface area (Å²) in [5.74, 6) is -0.245. The largest absolute Gasteiger partial charge is 0.385 e. The van der Waals surface area contributed by atoms with E-state index in [1.165, 1.54) is 0 Å². The van der Waals surface area contributed by atoms with Gasteiger partial charge >= 0.3 is 0 Å². The molecule has 0 fully saturated rings. The van der Waals surface area contributed by atoms with Gasteiger partial charge in [-0.2, -0.15) is 0 Å². The Morgan fingerprint density at radius 3 is 2.94 bits per heavy atom. The number of amides is 1. The fourth-order valence-electron chi connectivity index (χ4n) is 1.19. The first-order chi connectivity index (χ1) is 8.04. The number of anilines is 1. The van der Waals surface area contributed by atoms with Crippen LogP contribution in [0.15, 0.2) is 22.7 Å². The number of hydrogen-bond donors (Lipinski definition) is 2. The zero-order chi connectivity index (χ0) is 12.8. The van der Waals surface area contributed by atoms with E-state index in [1.807, 2.05) is 0 Å². The van der Waals surface area contributed by atoms with Crippen LogP contribution in [-0.4, -0.2) is 25.7 Å². The van der Waals surface area contributed by atoms with Crippen LogP contribution in [0.3, 0.4) is 0 Å². The Balaban J connectivity index is 2.61. The van der Waals surface area contributed by atoms with E-state index in [4.69, 9.17) is 22.1 Å². The molecule has 1 atom stereocenters. The average Bonchev–Trinajstić information content (AvgIpc) is 2.29. The van der Waals surface area contributed by atoms with Crippen molar-refractivity contribution in [1.82, 2.24) is 0 Å². The highest BCUT2D eigenvalue weighted by Gasteiger charge is 2.14. The summed E-state index contributed by atoms with van der Waals surface area (Å²) < 4.78 is 5.59. The molecule has 0 aliphatic carbocycles. The van der Waals surface area contributed by atoms with E-state index in [-0.39, 0.29) is 5.91 Å². The van der Waals surface area contributed by atoms with E-state index >= 15 is 0 Å². The van der Waals surface area contributed by atoms with Gasteiger partial charge in [-0.15, -0.1) is 0 Å². The molecule has 1 rings (SSSR count). The number of carbonyl (C=O) groups excluding carboxylic acids is 1. The van der Waals surface area contributed by atoms with Crippen molar-refractivity contribution < 1.29 is 9.53 Å². The second-order valence-electron chi connectivity index (χ2n) is 3.50. The normalized spacial score (nSPS) is 12.2. The van der Waals surface area contributed by atoms with Gasteiger partial charge in [0.2, 0.25) is 5.91 Å². The second kappa shape index (κ2) is 6.96. The summed E-state index contributed by atoms with van der Waals surface area (Å²) in [4.78, 5) is 11.7. The Hall–Kier alpha value is -0.620. The molecule has 0 spiro atoms. The summed E-state index contributed by atoms with van der Waals surface area (Å²) in [7, 11) is 1.57. The smallest absolute Gasteiger partial charge is 0.241 e. The number of ether oxygens (including phenoxy) is 1. The third kappa shape index (κ3) is 4.63. The fraction of sp³-hybridized carbons (Fsp3) is 0.364. The van der Waals surface area contributed by atoms with Crippen molar-refractivity contribution in [2.24, 2.45) is 5.73 Å². The van der Waals surface area contributed by atoms with Crippen LogP contribution in [0, 0.1) is 0 Å². The molecule has 0 bridgehead atoms. The SMILES string of the molecule is COCCC(N)C(=O)Nc1ccc(Cl)cc1Br. The summed E-state index contributed by atoms with van der Waals surface area (Å²) in [6, 6.07) is 4.53. The summed E-state index contributed by atoms with van der Waals surface area (Å²) in [5.41, 5.74) is 6.34. The lowest BCUT2D eigenvalue weighted by atomic mass is 10.2. The number of methoxy groups -OCH3 is 1. The topological polar surface area (TPSA) is 64.3 Å². The molecule has 0 radical (unpaired) electrons. The van der Waals surface area contributed by atoms with Gasteiger partial charge in [0.25, 0.3) is 0 Å². The average molecular weight is 322 g/mol. The summed E-state index contributed by atoms with van der Waals surface area (Å²) >= 11 is 9.11. The standard InChI is InChI=1S/C11H14BrClN2O2/c1-17-5-4-9(14)11(16)15-10-3-2-7(13)6-8(10)12/h2-3,6,9H,4-5,14H2,1H3,(H,15,16). The Labute approximate surface area is 114 Å². The van der Waals surface area contributed by atoms with Crippen LogP contribution < -0.4 is 11.1 Å². The maximum absolute atomic E-state index is 11.7. The van der Waals surface area contributed by atoms with Crippen molar-refractivity contribution in [2.45, 2.75) is 12.5 Å². The highest BCUT2D eigenvalue weighted by Crippen LogP contribution is 2.25. The highest BCUT2D eigenvalue weighted by atomic mass is 79.9. The predicted octanol–water partition coefficient (Wildman–Crippen LogP) is 2.40. The minimum absolute atomic E-state index is 0.245. The predicted molar refractivity (Wildman–Crippen MR) is 72.3 cm³/mol. The molecule has 6 heteroatoms. The Morgan fingerprint density at radius 1 is 1.65 bits per heavy atom. The minimum atomic E-state index is -0.586. The number of halogens is 2. The molecule has 0 aliphatic rings. The molecule has 3 N–H and O–H groups in total. The van der Waals surface area contributed by atoms with Crippen LogP contribution in [0.1, 0.15) is 6.42 Å². The quantitative estimate of drug-likeness (QED) is 0.875. The van der Waals surface area contributed by atoms with E-state index < -0.39 is 6.04 Å². The number of benzene rings is 1. The van der Waals surface area contributed by atoms with Gasteiger partial charge in [-0.3, -0.25) is 4.79 Å². The molecule has 1 amide bonds. The van der Waals surface area contributed by atoms with Crippen LogP contribution >= 0.6 is 27.5 Å². The molecular formula is C11H14BrClN2O2. The fourth-order valence-corrected chi connectivity index (χ4v) is 1.97. The number of carbonyl (C=O) groups is 1. The Kier molecular flexibility index (Phi) is 5.91. The van der Waals surface area contributed by atoms with Gasteiger partial charge in [-0.1, -0.05) is 11.6 Å². The molecule has 94 valence electrons. The molecule has 0 saturated heterocycles. The number of hydrogen-bond acceptors (Lipinski definition) is 3. The summed E-state index contributed by atoms with van der Waals surface area (Å²) in [6.07, 6.45) is 0.480. The lowest BCUT2D eigenvalue weighted by molar-refractivity contribution is -0.117. The molecule has 1 aromatic rings. The minimum Gasteiger partial charge on any atom is -0.385 e. The van der Waals surface area contributed by atoms with E-state index in [0.29, 0.717) is 23.7 Å². The van der Waals surface area contributed by atoms with E-state index in [9.17, 15) is 4.79 Å². The third-order valence-electron chi connectivity index (χ3n) is 2.16. The van der Waals surface area contributed by atoms with Crippen LogP contribution in [0.2, 0.25) is 5.02 Å². The van der Waals surface area contributed by atoms with Crippen LogP contribution in [0.25, 0.3) is 0 Å². The molecule has 17 heavy (non-hydrogen) atoms. The number of nitrogens with two attached hydrogens (primary N) is 1. The van der Waals surface area contributed by atoms with Gasteiger partial charge in [0.15, 0.2) is 0 Å². The van der Waals surface area contributed by atoms with Gasteiger partial charge in [0, 0.05) is 23.2 Å². The molecule has 0 aliphatic heterocycles. The lowest BCUT2D eigenvalue weighted by Crippen LogP contribution is -2.36. The van der Waals surface area contributed by atoms with Crippen molar-refractivity contribution in [3.05, 3.63) is 27.7 Å². The molecular weight excluding hydrogens is 307 g/mol. The molecule has 0 heterocycles. The van der Waals surface area contributed by atoms with Crippen molar-refractivity contribution >= 4 is 39.1 Å². The van der Waals surface area contributed by atoms with Crippen molar-refractivity contribution in [2.75, 3.05) is 19.0 Å². The molecule has 4 nitrogen and oxygen atoms in total. The van der Waals surface area contributed by atoms with Crippen molar-refractivity contribution in [3.63, 3.8) is 0 Å². The molecule has 0 saturated carbocycles. The van der Waals surface area contributed by atoms with Gasteiger partial charge in [0.05, 0.1) is 11.7 Å². The molecule has 1 unspecified atom stereocenters. The Bertz CT molecular complexity index is 401. The maximum atomic E-state index is 11.7. The lowest BCUT2D eigenvalue weighted by Gasteiger charge is -2.12. The van der Waals surface area contributed by atoms with E-state index in [0.717, 1.165) is 4.47 Å². The first-order valence-corrected chi connectivity index (χ1v) is 6.22. The van der Waals surface area contributed by atoms with Crippen LogP contribution in [0.5, 0.6) is 0 Å². The van der Waals surface area contributed by atoms with Gasteiger partial charge < -0.3 is 15.8 Å². The zero-order valence-electron chi connectivity index (χ0n) is 9.37. The first-order valence-electron chi connectivity index (χ1n) is 5.05.